The van der Waals surface area contributed by atoms with Gasteiger partial charge in [0.15, 0.2) is 23.0 Å². The van der Waals surface area contributed by atoms with E-state index in [1.54, 1.807) is 0 Å². The molecule has 0 radical (unpaired) electrons. The molecular formula is C2HIO6. The Morgan fingerprint density at radius 3 is 2.22 bits per heavy atom. The van der Waals surface area contributed by atoms with E-state index in [0.29, 0.717) is 0 Å². The molecule has 0 aliphatic heterocycles. The van der Waals surface area contributed by atoms with Crippen molar-refractivity contribution in [2.75, 3.05) is 0 Å². The maximum atomic E-state index is 9.88. The fourth-order valence-electron chi connectivity index (χ4n) is 0.0825. The van der Waals surface area contributed by atoms with Crippen LogP contribution in [0.25, 0.3) is 0 Å². The number of carbonyl (C=O) groups excluding carboxylic acids is 1. The van der Waals surface area contributed by atoms with Gasteiger partial charge in [0.05, 0.1) is 0 Å². The first kappa shape index (κ1) is 8.27. The van der Waals surface area contributed by atoms with Crippen LogP contribution in [0.2, 0.25) is 0 Å². The van der Waals surface area contributed by atoms with E-state index in [-0.39, 0.29) is 0 Å². The van der Waals surface area contributed by atoms with E-state index < -0.39 is 12.3 Å². The molecule has 0 bridgehead atoms. The lowest BCUT2D eigenvalue weighted by Gasteiger charge is -1.92. The number of halogens is 1. The van der Waals surface area contributed by atoms with Crippen LogP contribution < -0.4 is 0 Å². The van der Waals surface area contributed by atoms with Crippen LogP contribution >= 0.6 is 23.0 Å². The molecule has 0 heterocycles. The Morgan fingerprint density at radius 2 is 1.89 bits per heavy atom. The minimum Gasteiger partial charge on any atom is -0.447 e. The zero-order chi connectivity index (χ0) is 7.28. The van der Waals surface area contributed by atoms with Crippen molar-refractivity contribution in [2.45, 2.75) is 0 Å². The highest BCUT2D eigenvalue weighted by Gasteiger charge is 2.06. The Labute approximate surface area is 63.3 Å². The Balaban J connectivity index is 3.28. The van der Waals surface area contributed by atoms with E-state index >= 15 is 0 Å². The Morgan fingerprint density at radius 1 is 1.33 bits per heavy atom. The molecule has 0 aliphatic rings. The molecule has 0 saturated carbocycles. The standard InChI is InChI=1S/C2HIO6/c3-7-2(6)9-8-1(4)5/h(H,4,5). The summed E-state index contributed by atoms with van der Waals surface area (Å²) >= 11 is 1.21. The van der Waals surface area contributed by atoms with Gasteiger partial charge in [0.25, 0.3) is 0 Å². The van der Waals surface area contributed by atoms with Gasteiger partial charge in [0.2, 0.25) is 0 Å². The normalized spacial score (nSPS) is 7.67. The molecule has 0 aliphatic carbocycles. The molecule has 6 nitrogen and oxygen atoms in total. The summed E-state index contributed by atoms with van der Waals surface area (Å²) < 4.78 is 3.82. The van der Waals surface area contributed by atoms with E-state index in [0.717, 1.165) is 0 Å². The fourth-order valence-corrected chi connectivity index (χ4v) is 0.156. The van der Waals surface area contributed by atoms with Crippen molar-refractivity contribution < 1.29 is 27.5 Å². The van der Waals surface area contributed by atoms with Crippen molar-refractivity contribution in [2.24, 2.45) is 0 Å². The molecule has 1 N–H and O–H groups in total. The Bertz CT molecular complexity index is 120. The summed E-state index contributed by atoms with van der Waals surface area (Å²) in [6, 6.07) is 0. The number of carboxylic acid groups (broad SMARTS) is 1. The number of hydrogen-bond acceptors (Lipinski definition) is 5. The van der Waals surface area contributed by atoms with E-state index in [2.05, 4.69) is 12.8 Å². The minimum absolute atomic E-state index is 1.21. The molecule has 0 atom stereocenters. The highest BCUT2D eigenvalue weighted by molar-refractivity contribution is 14.1. The van der Waals surface area contributed by atoms with Gasteiger partial charge in [0, 0.05) is 0 Å². The molecule has 0 aromatic carbocycles. The van der Waals surface area contributed by atoms with Gasteiger partial charge in [-0.15, -0.1) is 0 Å². The third-order valence-corrected chi connectivity index (χ3v) is 0.604. The summed E-state index contributed by atoms with van der Waals surface area (Å²) in [5.74, 6) is 0. The van der Waals surface area contributed by atoms with Gasteiger partial charge in [-0.25, -0.2) is 9.68 Å². The average Bonchev–Trinajstić information content (AvgIpc) is 1.83. The maximum absolute atomic E-state index is 9.88. The van der Waals surface area contributed by atoms with Crippen molar-refractivity contribution in [3.05, 3.63) is 0 Å². The lowest BCUT2D eigenvalue weighted by Crippen LogP contribution is -2.06. The third-order valence-electron chi connectivity index (χ3n) is 0.244. The lowest BCUT2D eigenvalue weighted by molar-refractivity contribution is -0.203. The van der Waals surface area contributed by atoms with Crippen LogP contribution in [0.15, 0.2) is 0 Å². The van der Waals surface area contributed by atoms with Crippen LogP contribution in [-0.4, -0.2) is 17.4 Å². The van der Waals surface area contributed by atoms with Gasteiger partial charge in [-0.05, 0) is 0 Å². The molecule has 0 aromatic heterocycles. The van der Waals surface area contributed by atoms with Gasteiger partial charge < -0.3 is 8.17 Å². The molecule has 7 heteroatoms. The molecule has 0 spiro atoms. The Kier molecular flexibility index (Phi) is 3.84. The Hall–Kier alpha value is -0.730. The summed E-state index contributed by atoms with van der Waals surface area (Å²) in [5.41, 5.74) is 0. The van der Waals surface area contributed by atoms with Crippen LogP contribution in [0.3, 0.4) is 0 Å². The summed E-state index contributed by atoms with van der Waals surface area (Å²) in [6.45, 7) is 0. The fraction of sp³-hybridized carbons (Fsp3) is 0. The summed E-state index contributed by atoms with van der Waals surface area (Å²) in [6.07, 6.45) is -2.94. The van der Waals surface area contributed by atoms with Crippen LogP contribution in [-0.2, 0) is 12.8 Å². The largest absolute Gasteiger partial charge is 0.559 e. The quantitative estimate of drug-likeness (QED) is 0.392. The lowest BCUT2D eigenvalue weighted by atomic mass is 11.4. The molecule has 0 unspecified atom stereocenters. The van der Waals surface area contributed by atoms with Crippen LogP contribution in [0.5, 0.6) is 0 Å². The van der Waals surface area contributed by atoms with Crippen molar-refractivity contribution in [1.29, 1.82) is 0 Å². The molecule has 9 heavy (non-hydrogen) atoms. The number of hydrogen-bond donors (Lipinski definition) is 1. The molecule has 0 rings (SSSR count). The van der Waals surface area contributed by atoms with Crippen molar-refractivity contribution in [3.63, 3.8) is 0 Å². The van der Waals surface area contributed by atoms with E-state index in [1.165, 1.54) is 23.0 Å². The maximum Gasteiger partial charge on any atom is 0.559 e. The van der Waals surface area contributed by atoms with Crippen LogP contribution in [0, 0.1) is 0 Å². The smallest absolute Gasteiger partial charge is 0.447 e. The third kappa shape index (κ3) is 5.14. The molecule has 0 aromatic rings. The highest BCUT2D eigenvalue weighted by atomic mass is 127. The number of rotatable bonds is 0. The minimum atomic E-state index is -1.71. The first-order chi connectivity index (χ1) is 4.16. The molecule has 52 valence electrons. The van der Waals surface area contributed by atoms with Crippen molar-refractivity contribution in [3.8, 4) is 0 Å². The average molecular weight is 248 g/mol. The molecule has 0 saturated heterocycles. The molecule has 0 amide bonds. The predicted molar refractivity (Wildman–Crippen MR) is 30.7 cm³/mol. The van der Waals surface area contributed by atoms with Crippen molar-refractivity contribution >= 4 is 35.3 Å². The van der Waals surface area contributed by atoms with Gasteiger partial charge >= 0.3 is 12.3 Å². The summed E-state index contributed by atoms with van der Waals surface area (Å²) in [5, 5.41) is 7.70. The number of carbonyl (C=O) groups is 2. The van der Waals surface area contributed by atoms with E-state index in [4.69, 9.17) is 5.11 Å². The second-order valence-corrected chi connectivity index (χ2v) is 1.20. The molecular weight excluding hydrogens is 247 g/mol. The SMILES string of the molecule is O=C(O)OOC(=O)OI. The van der Waals surface area contributed by atoms with Crippen LogP contribution in [0.1, 0.15) is 0 Å². The van der Waals surface area contributed by atoms with E-state index in [1.807, 2.05) is 0 Å². The summed E-state index contributed by atoms with van der Waals surface area (Å²) in [7, 11) is 0. The predicted octanol–water partition coefficient (Wildman–Crippen LogP) is 1.10. The summed E-state index contributed by atoms with van der Waals surface area (Å²) in [4.78, 5) is 26.2. The second kappa shape index (κ2) is 4.18. The topological polar surface area (TPSA) is 82.1 Å². The zero-order valence-corrected chi connectivity index (χ0v) is 6.02. The van der Waals surface area contributed by atoms with Crippen molar-refractivity contribution in [1.82, 2.24) is 0 Å². The van der Waals surface area contributed by atoms with Crippen LogP contribution in [0.4, 0.5) is 9.59 Å². The second-order valence-electron chi connectivity index (χ2n) is 0.760. The van der Waals surface area contributed by atoms with Gasteiger partial charge in [-0.1, -0.05) is 0 Å². The monoisotopic (exact) mass is 248 g/mol. The van der Waals surface area contributed by atoms with E-state index in [9.17, 15) is 9.59 Å². The van der Waals surface area contributed by atoms with Gasteiger partial charge in [0.1, 0.15) is 0 Å². The van der Waals surface area contributed by atoms with Gasteiger partial charge in [-0.3, -0.25) is 0 Å². The first-order valence-corrected chi connectivity index (χ1v) is 2.45. The highest BCUT2D eigenvalue weighted by Crippen LogP contribution is 1.92. The zero-order valence-electron chi connectivity index (χ0n) is 3.87. The van der Waals surface area contributed by atoms with Gasteiger partial charge in [-0.2, -0.15) is 9.68 Å². The molecule has 0 fully saturated rings. The first-order valence-electron chi connectivity index (χ1n) is 1.57.